The maximum Gasteiger partial charge on any atom is 0.261 e. The Balaban J connectivity index is 2.02. The van der Waals surface area contributed by atoms with Gasteiger partial charge in [-0.2, -0.15) is 0 Å². The van der Waals surface area contributed by atoms with Crippen LogP contribution in [0.2, 0.25) is 0 Å². The molecule has 0 unspecified atom stereocenters. The highest BCUT2D eigenvalue weighted by Crippen LogP contribution is 2.33. The maximum absolute atomic E-state index is 13.9. The Kier molecular flexibility index (Phi) is 3.79. The fourth-order valence-electron chi connectivity index (χ4n) is 2.64. The zero-order valence-corrected chi connectivity index (χ0v) is 12.6. The van der Waals surface area contributed by atoms with Crippen LogP contribution < -0.4 is 10.2 Å². The Hall–Kier alpha value is -2.43. The van der Waals surface area contributed by atoms with Crippen molar-refractivity contribution in [3.8, 4) is 0 Å². The van der Waals surface area contributed by atoms with Crippen molar-refractivity contribution in [2.24, 2.45) is 5.92 Å². The molecule has 1 aromatic carbocycles. The molecule has 0 aliphatic carbocycles. The van der Waals surface area contributed by atoms with E-state index >= 15 is 0 Å². The van der Waals surface area contributed by atoms with Crippen LogP contribution in [-0.2, 0) is 0 Å². The Morgan fingerprint density at radius 2 is 2.14 bits per heavy atom. The van der Waals surface area contributed by atoms with Crippen molar-refractivity contribution in [1.29, 1.82) is 0 Å². The number of carbonyl (C=O) groups is 1. The van der Waals surface area contributed by atoms with Gasteiger partial charge in [-0.3, -0.25) is 9.78 Å². The normalized spacial score (nSPS) is 17.1. The van der Waals surface area contributed by atoms with E-state index in [-0.39, 0.29) is 17.5 Å². The van der Waals surface area contributed by atoms with E-state index in [1.54, 1.807) is 4.90 Å². The molecular weight excluding hydrogens is 281 g/mol. The Morgan fingerprint density at radius 1 is 1.36 bits per heavy atom. The molecule has 1 N–H and O–H groups in total. The van der Waals surface area contributed by atoms with Gasteiger partial charge in [-0.05, 0) is 24.1 Å². The molecule has 4 nitrogen and oxygen atoms in total. The molecule has 1 aromatic heterocycles. The first-order chi connectivity index (χ1) is 10.6. The van der Waals surface area contributed by atoms with Crippen molar-refractivity contribution in [2.45, 2.75) is 19.9 Å². The number of para-hydroxylation sites is 2. The van der Waals surface area contributed by atoms with Gasteiger partial charge in [-0.25, -0.2) is 4.39 Å². The van der Waals surface area contributed by atoms with E-state index in [1.165, 1.54) is 12.3 Å². The van der Waals surface area contributed by atoms with Crippen LogP contribution in [-0.4, -0.2) is 23.5 Å². The number of rotatable bonds is 2. The van der Waals surface area contributed by atoms with Gasteiger partial charge in [0.05, 0.1) is 23.1 Å². The number of pyridine rings is 1. The number of aromatic nitrogens is 1. The average molecular weight is 299 g/mol. The van der Waals surface area contributed by atoms with Gasteiger partial charge in [0.25, 0.3) is 5.91 Å². The summed E-state index contributed by atoms with van der Waals surface area (Å²) in [4.78, 5) is 18.1. The summed E-state index contributed by atoms with van der Waals surface area (Å²) in [6.45, 7) is 4.71. The first kappa shape index (κ1) is 14.5. The second-order valence-corrected chi connectivity index (χ2v) is 5.78. The molecule has 0 fully saturated rings. The van der Waals surface area contributed by atoms with Gasteiger partial charge in [0, 0.05) is 18.8 Å². The van der Waals surface area contributed by atoms with Crippen molar-refractivity contribution in [2.75, 3.05) is 16.8 Å². The number of amides is 1. The van der Waals surface area contributed by atoms with Crippen molar-refractivity contribution < 1.29 is 9.18 Å². The van der Waals surface area contributed by atoms with Crippen LogP contribution in [0.15, 0.2) is 42.7 Å². The van der Waals surface area contributed by atoms with Gasteiger partial charge in [0.15, 0.2) is 5.82 Å². The standard InChI is InChI=1S/C17H18FN3O/c1-11(2)15-10-21(16-6-4-3-5-14(16)20-15)17(22)12-7-8-19-9-13(12)18/h3-9,11,15,20H,10H2,1-2H3/t15-/m0/s1. The van der Waals surface area contributed by atoms with Crippen LogP contribution in [0.3, 0.4) is 0 Å². The number of nitrogens with zero attached hydrogens (tertiary/aromatic N) is 2. The molecule has 2 aromatic rings. The fourth-order valence-corrected chi connectivity index (χ4v) is 2.64. The van der Waals surface area contributed by atoms with Gasteiger partial charge >= 0.3 is 0 Å². The molecule has 22 heavy (non-hydrogen) atoms. The largest absolute Gasteiger partial charge is 0.379 e. The summed E-state index contributed by atoms with van der Waals surface area (Å²) in [5, 5.41) is 3.45. The molecule has 1 amide bonds. The topological polar surface area (TPSA) is 45.2 Å². The number of hydrogen-bond donors (Lipinski definition) is 1. The number of halogens is 1. The highest BCUT2D eigenvalue weighted by molar-refractivity contribution is 6.08. The van der Waals surface area contributed by atoms with Crippen molar-refractivity contribution in [3.05, 3.63) is 54.1 Å². The lowest BCUT2D eigenvalue weighted by Crippen LogP contribution is -2.47. The number of fused-ring (bicyclic) bond motifs is 1. The minimum absolute atomic E-state index is 0.0502. The zero-order chi connectivity index (χ0) is 15.7. The molecule has 5 heteroatoms. The van der Waals surface area contributed by atoms with E-state index in [4.69, 9.17) is 0 Å². The first-order valence-electron chi connectivity index (χ1n) is 7.35. The van der Waals surface area contributed by atoms with Crippen LogP contribution >= 0.6 is 0 Å². The van der Waals surface area contributed by atoms with E-state index in [9.17, 15) is 9.18 Å². The summed E-state index contributed by atoms with van der Waals surface area (Å²) in [5.74, 6) is -0.574. The molecule has 0 saturated heterocycles. The Bertz CT molecular complexity index is 702. The van der Waals surface area contributed by atoms with Crippen molar-refractivity contribution >= 4 is 17.3 Å². The molecule has 3 rings (SSSR count). The summed E-state index contributed by atoms with van der Waals surface area (Å²) < 4.78 is 13.9. The number of nitrogens with one attached hydrogen (secondary N) is 1. The van der Waals surface area contributed by atoms with E-state index < -0.39 is 5.82 Å². The van der Waals surface area contributed by atoms with Crippen LogP contribution in [0, 0.1) is 11.7 Å². The van der Waals surface area contributed by atoms with Crippen LogP contribution in [0.4, 0.5) is 15.8 Å². The summed E-state index contributed by atoms with van der Waals surface area (Å²) in [7, 11) is 0. The van der Waals surface area contributed by atoms with E-state index in [1.807, 2.05) is 24.3 Å². The quantitative estimate of drug-likeness (QED) is 0.925. The van der Waals surface area contributed by atoms with Crippen LogP contribution in [0.25, 0.3) is 0 Å². The first-order valence-corrected chi connectivity index (χ1v) is 7.35. The van der Waals surface area contributed by atoms with Gasteiger partial charge in [-0.15, -0.1) is 0 Å². The van der Waals surface area contributed by atoms with Gasteiger partial charge in [-0.1, -0.05) is 26.0 Å². The fraction of sp³-hybridized carbons (Fsp3) is 0.294. The second-order valence-electron chi connectivity index (χ2n) is 5.78. The molecule has 0 bridgehead atoms. The van der Waals surface area contributed by atoms with Crippen molar-refractivity contribution in [3.63, 3.8) is 0 Å². The molecule has 2 heterocycles. The summed E-state index contributed by atoms with van der Waals surface area (Å²) in [6.07, 6.45) is 2.51. The maximum atomic E-state index is 13.9. The minimum atomic E-state index is -0.593. The third-order valence-corrected chi connectivity index (χ3v) is 3.97. The third kappa shape index (κ3) is 2.54. The molecule has 0 radical (unpaired) electrons. The molecule has 0 spiro atoms. The minimum Gasteiger partial charge on any atom is -0.379 e. The Labute approximate surface area is 129 Å². The number of anilines is 2. The molecule has 1 aliphatic rings. The molecular formula is C17H18FN3O. The van der Waals surface area contributed by atoms with E-state index in [2.05, 4.69) is 24.1 Å². The predicted octanol–water partition coefficient (Wildman–Crippen LogP) is 3.32. The van der Waals surface area contributed by atoms with Gasteiger partial charge in [0.2, 0.25) is 0 Å². The van der Waals surface area contributed by atoms with Crippen LogP contribution in [0.5, 0.6) is 0 Å². The summed E-state index contributed by atoms with van der Waals surface area (Å²) in [6, 6.07) is 9.16. The zero-order valence-electron chi connectivity index (χ0n) is 12.6. The van der Waals surface area contributed by atoms with Crippen molar-refractivity contribution in [1.82, 2.24) is 4.98 Å². The summed E-state index contributed by atoms with van der Waals surface area (Å²) in [5.41, 5.74) is 1.73. The lowest BCUT2D eigenvalue weighted by Gasteiger charge is -2.37. The molecule has 0 saturated carbocycles. The smallest absolute Gasteiger partial charge is 0.261 e. The Morgan fingerprint density at radius 3 is 2.86 bits per heavy atom. The third-order valence-electron chi connectivity index (χ3n) is 3.97. The average Bonchev–Trinajstić information content (AvgIpc) is 2.53. The molecule has 1 aliphatic heterocycles. The van der Waals surface area contributed by atoms with E-state index in [0.717, 1.165) is 17.6 Å². The lowest BCUT2D eigenvalue weighted by atomic mass is 9.99. The summed E-state index contributed by atoms with van der Waals surface area (Å²) >= 11 is 0. The van der Waals surface area contributed by atoms with Crippen LogP contribution in [0.1, 0.15) is 24.2 Å². The van der Waals surface area contributed by atoms with E-state index in [0.29, 0.717) is 12.5 Å². The SMILES string of the molecule is CC(C)[C@@H]1CN(C(=O)c2ccncc2F)c2ccccc2N1. The monoisotopic (exact) mass is 299 g/mol. The number of benzene rings is 1. The number of carbonyl (C=O) groups excluding carboxylic acids is 1. The number of hydrogen-bond acceptors (Lipinski definition) is 3. The second kappa shape index (κ2) is 5.75. The molecule has 1 atom stereocenters. The van der Waals surface area contributed by atoms with Gasteiger partial charge < -0.3 is 10.2 Å². The molecule has 114 valence electrons. The highest BCUT2D eigenvalue weighted by Gasteiger charge is 2.30. The predicted molar refractivity (Wildman–Crippen MR) is 84.6 cm³/mol. The lowest BCUT2D eigenvalue weighted by molar-refractivity contribution is 0.0979. The highest BCUT2D eigenvalue weighted by atomic mass is 19.1. The van der Waals surface area contributed by atoms with Gasteiger partial charge in [0.1, 0.15) is 0 Å².